The van der Waals surface area contributed by atoms with E-state index in [0.29, 0.717) is 6.73 Å². The lowest BCUT2D eigenvalue weighted by atomic mass is 10.4. The summed E-state index contributed by atoms with van der Waals surface area (Å²) in [4.78, 5) is 4.30. The molecule has 0 aromatic carbocycles. The minimum Gasteiger partial charge on any atom is -0.360 e. The van der Waals surface area contributed by atoms with E-state index in [-0.39, 0.29) is 0 Å². The van der Waals surface area contributed by atoms with Crippen molar-refractivity contribution in [3.8, 4) is 10.7 Å². The van der Waals surface area contributed by atoms with Crippen LogP contribution in [0.4, 0.5) is 0 Å². The molecule has 18 heavy (non-hydrogen) atoms. The Bertz CT molecular complexity index is 476. The van der Waals surface area contributed by atoms with E-state index >= 15 is 0 Å². The second-order valence-corrected chi connectivity index (χ2v) is 11.9. The summed E-state index contributed by atoms with van der Waals surface area (Å²) in [5.74, 6) is 0. The summed E-state index contributed by atoms with van der Waals surface area (Å²) in [7, 11) is -1.01. The molecule has 0 atom stereocenters. The standard InChI is InChI=1S/C12H19N3OSSi/c1-18(2,3)9-7-16-10-15-11(4-5-14-15)12-13-6-8-17-12/h4-6,8H,7,9-10H2,1-3H3. The van der Waals surface area contributed by atoms with Gasteiger partial charge in [-0.05, 0) is 12.1 Å². The van der Waals surface area contributed by atoms with Crippen LogP contribution in [0.15, 0.2) is 23.8 Å². The summed E-state index contributed by atoms with van der Waals surface area (Å²) in [6.45, 7) is 8.38. The van der Waals surface area contributed by atoms with E-state index in [1.807, 2.05) is 22.3 Å². The van der Waals surface area contributed by atoms with E-state index in [2.05, 4.69) is 29.7 Å². The number of rotatable bonds is 6. The van der Waals surface area contributed by atoms with Gasteiger partial charge in [0, 0.05) is 32.5 Å². The zero-order valence-electron chi connectivity index (χ0n) is 11.1. The Morgan fingerprint density at radius 2 is 2.17 bits per heavy atom. The van der Waals surface area contributed by atoms with Gasteiger partial charge in [0.05, 0.1) is 5.69 Å². The second-order valence-electron chi connectivity index (χ2n) is 5.40. The third-order valence-corrected chi connectivity index (χ3v) is 5.08. The van der Waals surface area contributed by atoms with Gasteiger partial charge < -0.3 is 4.74 Å². The SMILES string of the molecule is C[Si](C)(C)CCOCn1nccc1-c1nccs1. The molecule has 2 rings (SSSR count). The summed E-state index contributed by atoms with van der Waals surface area (Å²) in [5.41, 5.74) is 1.03. The van der Waals surface area contributed by atoms with Crippen molar-refractivity contribution >= 4 is 19.4 Å². The van der Waals surface area contributed by atoms with Gasteiger partial charge in [-0.1, -0.05) is 19.6 Å². The van der Waals surface area contributed by atoms with Crippen molar-refractivity contribution in [1.29, 1.82) is 0 Å². The first-order valence-corrected chi connectivity index (χ1v) is 10.6. The van der Waals surface area contributed by atoms with Crippen LogP contribution < -0.4 is 0 Å². The normalized spacial score (nSPS) is 11.9. The molecule has 0 aliphatic carbocycles. The van der Waals surface area contributed by atoms with Crippen molar-refractivity contribution in [1.82, 2.24) is 14.8 Å². The number of aromatic nitrogens is 3. The summed E-state index contributed by atoms with van der Waals surface area (Å²) in [5, 5.41) is 7.23. The molecular weight excluding hydrogens is 262 g/mol. The van der Waals surface area contributed by atoms with Crippen LogP contribution in [0.5, 0.6) is 0 Å². The van der Waals surface area contributed by atoms with Gasteiger partial charge in [-0.25, -0.2) is 9.67 Å². The maximum atomic E-state index is 5.70. The predicted molar refractivity (Wildman–Crippen MR) is 77.4 cm³/mol. The van der Waals surface area contributed by atoms with E-state index in [1.165, 1.54) is 6.04 Å². The van der Waals surface area contributed by atoms with E-state index in [4.69, 9.17) is 4.74 Å². The number of hydrogen-bond acceptors (Lipinski definition) is 4. The maximum Gasteiger partial charge on any atom is 0.141 e. The van der Waals surface area contributed by atoms with Gasteiger partial charge in [0.2, 0.25) is 0 Å². The molecule has 0 radical (unpaired) electrons. The fraction of sp³-hybridized carbons (Fsp3) is 0.500. The van der Waals surface area contributed by atoms with Gasteiger partial charge in [-0.15, -0.1) is 11.3 Å². The Labute approximate surface area is 113 Å². The van der Waals surface area contributed by atoms with E-state index in [0.717, 1.165) is 17.3 Å². The van der Waals surface area contributed by atoms with Crippen molar-refractivity contribution in [2.45, 2.75) is 32.4 Å². The Morgan fingerprint density at radius 3 is 2.83 bits per heavy atom. The quantitative estimate of drug-likeness (QED) is 0.602. The first-order valence-electron chi connectivity index (χ1n) is 6.06. The molecule has 0 spiro atoms. The molecule has 0 saturated heterocycles. The minimum absolute atomic E-state index is 0.506. The number of thiazole rings is 1. The highest BCUT2D eigenvalue weighted by molar-refractivity contribution is 7.13. The fourth-order valence-electron chi connectivity index (χ4n) is 1.50. The third kappa shape index (κ3) is 3.76. The molecule has 0 amide bonds. The molecule has 0 bridgehead atoms. The van der Waals surface area contributed by atoms with Crippen LogP contribution in [0, 0.1) is 0 Å². The molecule has 4 nitrogen and oxygen atoms in total. The zero-order valence-corrected chi connectivity index (χ0v) is 12.9. The Kier molecular flexibility index (Phi) is 4.31. The van der Waals surface area contributed by atoms with Crippen molar-refractivity contribution in [2.75, 3.05) is 6.61 Å². The van der Waals surface area contributed by atoms with Gasteiger partial charge in [-0.2, -0.15) is 5.10 Å². The summed E-state index contributed by atoms with van der Waals surface area (Å²) in [6, 6.07) is 3.15. The largest absolute Gasteiger partial charge is 0.360 e. The lowest BCUT2D eigenvalue weighted by Crippen LogP contribution is -2.22. The van der Waals surface area contributed by atoms with Crippen LogP contribution in [0.3, 0.4) is 0 Å². The molecule has 0 N–H and O–H groups in total. The van der Waals surface area contributed by atoms with Gasteiger partial charge >= 0.3 is 0 Å². The van der Waals surface area contributed by atoms with E-state index in [9.17, 15) is 0 Å². The molecule has 2 aromatic rings. The van der Waals surface area contributed by atoms with Gasteiger partial charge in [0.25, 0.3) is 0 Å². The molecule has 98 valence electrons. The molecule has 0 aliphatic rings. The van der Waals surface area contributed by atoms with Crippen LogP contribution in [-0.4, -0.2) is 29.4 Å². The average molecular weight is 281 g/mol. The molecule has 0 aliphatic heterocycles. The summed E-state index contributed by atoms with van der Waals surface area (Å²) in [6.07, 6.45) is 3.60. The summed E-state index contributed by atoms with van der Waals surface area (Å²) >= 11 is 1.62. The lowest BCUT2D eigenvalue weighted by molar-refractivity contribution is 0.0798. The van der Waals surface area contributed by atoms with Crippen LogP contribution in [-0.2, 0) is 11.5 Å². The van der Waals surface area contributed by atoms with Crippen LogP contribution >= 0.6 is 11.3 Å². The van der Waals surface area contributed by atoms with Crippen LogP contribution in [0.25, 0.3) is 10.7 Å². The van der Waals surface area contributed by atoms with Crippen molar-refractivity contribution in [3.05, 3.63) is 23.8 Å². The van der Waals surface area contributed by atoms with Gasteiger partial charge in [0.1, 0.15) is 11.7 Å². The highest BCUT2D eigenvalue weighted by Crippen LogP contribution is 2.21. The Morgan fingerprint density at radius 1 is 1.33 bits per heavy atom. The molecule has 0 unspecified atom stereocenters. The highest BCUT2D eigenvalue weighted by Gasteiger charge is 2.12. The third-order valence-electron chi connectivity index (χ3n) is 2.58. The maximum absolute atomic E-state index is 5.70. The Balaban J connectivity index is 1.89. The van der Waals surface area contributed by atoms with Gasteiger partial charge in [-0.3, -0.25) is 0 Å². The smallest absolute Gasteiger partial charge is 0.141 e. The fourth-order valence-corrected chi connectivity index (χ4v) is 2.92. The van der Waals surface area contributed by atoms with Crippen LogP contribution in [0.1, 0.15) is 0 Å². The lowest BCUT2D eigenvalue weighted by Gasteiger charge is -2.15. The molecule has 0 fully saturated rings. The van der Waals surface area contributed by atoms with Crippen molar-refractivity contribution in [2.24, 2.45) is 0 Å². The molecule has 2 aromatic heterocycles. The topological polar surface area (TPSA) is 39.9 Å². The van der Waals surface area contributed by atoms with Crippen LogP contribution in [0.2, 0.25) is 25.7 Å². The van der Waals surface area contributed by atoms with E-state index in [1.54, 1.807) is 17.5 Å². The monoisotopic (exact) mass is 281 g/mol. The molecule has 0 saturated carbocycles. The molecular formula is C12H19N3OSSi. The van der Waals surface area contributed by atoms with E-state index < -0.39 is 8.07 Å². The number of hydrogen-bond donors (Lipinski definition) is 0. The number of nitrogens with zero attached hydrogens (tertiary/aromatic N) is 3. The van der Waals surface area contributed by atoms with Crippen molar-refractivity contribution < 1.29 is 4.74 Å². The molecule has 2 heterocycles. The first-order chi connectivity index (χ1) is 8.56. The Hall–Kier alpha value is -0.983. The zero-order chi connectivity index (χ0) is 13.0. The second kappa shape index (κ2) is 5.77. The highest BCUT2D eigenvalue weighted by atomic mass is 32.1. The predicted octanol–water partition coefficient (Wildman–Crippen LogP) is 3.32. The summed E-state index contributed by atoms with van der Waals surface area (Å²) < 4.78 is 7.57. The minimum atomic E-state index is -1.01. The van der Waals surface area contributed by atoms with Gasteiger partial charge in [0.15, 0.2) is 0 Å². The number of ether oxygens (including phenoxy) is 1. The first kappa shape index (κ1) is 13.4. The average Bonchev–Trinajstić information content (AvgIpc) is 2.93. The molecule has 6 heteroatoms. The van der Waals surface area contributed by atoms with Crippen molar-refractivity contribution in [3.63, 3.8) is 0 Å².